The molecule has 0 saturated carbocycles. The van der Waals surface area contributed by atoms with E-state index in [1.54, 1.807) is 0 Å². The molecule has 0 radical (unpaired) electrons. The van der Waals surface area contributed by atoms with Crippen LogP contribution in [0.3, 0.4) is 0 Å². The topological polar surface area (TPSA) is 59.1 Å². The van der Waals surface area contributed by atoms with Crippen molar-refractivity contribution in [3.8, 4) is 0 Å². The number of benzene rings is 1. The molecule has 0 aliphatic carbocycles. The molecule has 0 spiro atoms. The van der Waals surface area contributed by atoms with Gasteiger partial charge in [-0.15, -0.1) is 0 Å². The second kappa shape index (κ2) is 12.7. The van der Waals surface area contributed by atoms with Crippen LogP contribution in [0.5, 0.6) is 0 Å². The number of piperidine rings is 3. The quantitative estimate of drug-likeness (QED) is 0.555. The largest absolute Gasteiger partial charge is 0.355 e. The minimum atomic E-state index is 0.157. The predicted octanol–water partition coefficient (Wildman–Crippen LogP) is 2.93. The molecule has 7 nitrogen and oxygen atoms in total. The smallest absolute Gasteiger partial charge is 0.254 e. The van der Waals surface area contributed by atoms with Gasteiger partial charge in [0, 0.05) is 69.9 Å². The Bertz CT molecular complexity index is 885. The molecule has 204 valence electrons. The highest BCUT2D eigenvalue weighted by molar-refractivity contribution is 5.94. The Morgan fingerprint density at radius 1 is 0.946 bits per heavy atom. The molecule has 0 aromatic heterocycles. The maximum Gasteiger partial charge on any atom is 0.254 e. The van der Waals surface area contributed by atoms with Crippen LogP contribution in [0.1, 0.15) is 62.2 Å². The van der Waals surface area contributed by atoms with Crippen LogP contribution in [0.25, 0.3) is 0 Å². The zero-order valence-corrected chi connectivity index (χ0v) is 22.8. The zero-order chi connectivity index (χ0) is 25.6. The second-order valence-corrected chi connectivity index (χ2v) is 11.6. The van der Waals surface area contributed by atoms with Gasteiger partial charge in [-0.25, -0.2) is 0 Å². The number of likely N-dealkylation sites (tertiary alicyclic amines) is 1. The molecule has 1 aromatic rings. The fraction of sp³-hybridized carbons (Fsp3) is 0.733. The van der Waals surface area contributed by atoms with Gasteiger partial charge < -0.3 is 15.1 Å². The van der Waals surface area contributed by atoms with Crippen molar-refractivity contribution in [2.75, 3.05) is 65.4 Å². The van der Waals surface area contributed by atoms with Crippen molar-refractivity contribution in [1.82, 2.24) is 24.9 Å². The van der Waals surface area contributed by atoms with Gasteiger partial charge in [0.25, 0.3) is 5.91 Å². The van der Waals surface area contributed by atoms with Crippen LogP contribution in [0.4, 0.5) is 0 Å². The first-order valence-electron chi connectivity index (χ1n) is 15.0. The van der Waals surface area contributed by atoms with E-state index in [1.807, 2.05) is 30.3 Å². The van der Waals surface area contributed by atoms with Crippen molar-refractivity contribution in [1.29, 1.82) is 0 Å². The minimum Gasteiger partial charge on any atom is -0.355 e. The average molecular weight is 510 g/mol. The molecule has 4 atom stereocenters. The third-order valence-corrected chi connectivity index (χ3v) is 9.52. The number of piperazine rings is 1. The van der Waals surface area contributed by atoms with E-state index in [0.717, 1.165) is 70.8 Å². The Balaban J connectivity index is 1.16. The van der Waals surface area contributed by atoms with Crippen molar-refractivity contribution >= 4 is 11.8 Å². The molecule has 4 heterocycles. The van der Waals surface area contributed by atoms with Crippen LogP contribution in [-0.2, 0) is 4.79 Å². The van der Waals surface area contributed by atoms with Gasteiger partial charge >= 0.3 is 0 Å². The average Bonchev–Trinajstić information content (AvgIpc) is 2.94. The predicted molar refractivity (Wildman–Crippen MR) is 147 cm³/mol. The number of hydrogen-bond acceptors (Lipinski definition) is 5. The molecule has 5 rings (SSSR count). The van der Waals surface area contributed by atoms with Crippen molar-refractivity contribution in [2.24, 2.45) is 11.8 Å². The normalized spacial score (nSPS) is 29.1. The molecule has 4 aliphatic heterocycles. The van der Waals surface area contributed by atoms with E-state index < -0.39 is 0 Å². The summed E-state index contributed by atoms with van der Waals surface area (Å²) >= 11 is 0. The van der Waals surface area contributed by atoms with Crippen LogP contribution in [0.2, 0.25) is 0 Å². The van der Waals surface area contributed by atoms with E-state index in [4.69, 9.17) is 0 Å². The summed E-state index contributed by atoms with van der Waals surface area (Å²) in [6.45, 7) is 12.8. The summed E-state index contributed by atoms with van der Waals surface area (Å²) in [6.07, 6.45) is 7.24. The maximum absolute atomic E-state index is 13.7. The van der Waals surface area contributed by atoms with Gasteiger partial charge in [-0.3, -0.25) is 19.4 Å². The molecule has 4 saturated heterocycles. The van der Waals surface area contributed by atoms with Crippen molar-refractivity contribution in [3.05, 3.63) is 35.9 Å². The third-order valence-electron chi connectivity index (χ3n) is 9.52. The Morgan fingerprint density at radius 3 is 2.43 bits per heavy atom. The van der Waals surface area contributed by atoms with Gasteiger partial charge in [0.05, 0.1) is 0 Å². The number of carbonyl (C=O) groups is 2. The summed E-state index contributed by atoms with van der Waals surface area (Å²) in [4.78, 5) is 36.3. The number of rotatable bonds is 9. The van der Waals surface area contributed by atoms with Crippen LogP contribution in [-0.4, -0.2) is 109 Å². The lowest BCUT2D eigenvalue weighted by Crippen LogP contribution is -2.65. The van der Waals surface area contributed by atoms with Gasteiger partial charge in [-0.05, 0) is 82.1 Å². The molecule has 7 heteroatoms. The van der Waals surface area contributed by atoms with Crippen molar-refractivity contribution < 1.29 is 9.59 Å². The highest BCUT2D eigenvalue weighted by atomic mass is 16.2. The van der Waals surface area contributed by atoms with Gasteiger partial charge in [0.15, 0.2) is 0 Å². The summed E-state index contributed by atoms with van der Waals surface area (Å²) in [6, 6.07) is 10.7. The lowest BCUT2D eigenvalue weighted by molar-refractivity contribution is -0.121. The van der Waals surface area contributed by atoms with Gasteiger partial charge in [-0.2, -0.15) is 0 Å². The van der Waals surface area contributed by atoms with Gasteiger partial charge in [-0.1, -0.05) is 25.1 Å². The van der Waals surface area contributed by atoms with Crippen molar-refractivity contribution in [2.45, 2.75) is 64.0 Å². The van der Waals surface area contributed by atoms with E-state index >= 15 is 0 Å². The maximum atomic E-state index is 13.7. The SMILES string of the molecule is CCN1CCN(CCNC(=O)CCC[C@@H]2[C@H]3CCCN4CCC[C@@H](CN2C(=O)c2ccccc2)[C@@H]34)CC1. The number of nitrogens with one attached hydrogen (secondary N) is 1. The number of likely N-dealkylation sites (N-methyl/N-ethyl adjacent to an activating group) is 1. The molecular weight excluding hydrogens is 462 g/mol. The Labute approximate surface area is 223 Å². The first kappa shape index (κ1) is 26.6. The highest BCUT2D eigenvalue weighted by Gasteiger charge is 2.49. The molecule has 4 aliphatic rings. The molecule has 1 N–H and O–H groups in total. The molecular formula is C30H47N5O2. The van der Waals surface area contributed by atoms with E-state index in [2.05, 4.69) is 31.8 Å². The summed E-state index contributed by atoms with van der Waals surface area (Å²) in [5.74, 6) is 1.46. The number of hydrogen-bond donors (Lipinski definition) is 1. The van der Waals surface area contributed by atoms with Crippen LogP contribution < -0.4 is 5.32 Å². The van der Waals surface area contributed by atoms with Crippen molar-refractivity contribution in [3.63, 3.8) is 0 Å². The fourth-order valence-corrected chi connectivity index (χ4v) is 7.59. The van der Waals surface area contributed by atoms with E-state index in [9.17, 15) is 9.59 Å². The first-order valence-corrected chi connectivity index (χ1v) is 15.0. The van der Waals surface area contributed by atoms with Crippen LogP contribution in [0.15, 0.2) is 30.3 Å². The Hall–Kier alpha value is -1.96. The molecule has 37 heavy (non-hydrogen) atoms. The summed E-state index contributed by atoms with van der Waals surface area (Å²) in [7, 11) is 0. The zero-order valence-electron chi connectivity index (χ0n) is 22.8. The second-order valence-electron chi connectivity index (χ2n) is 11.6. The first-order chi connectivity index (χ1) is 18.1. The lowest BCUT2D eigenvalue weighted by atomic mass is 9.69. The molecule has 1 aromatic carbocycles. The monoisotopic (exact) mass is 509 g/mol. The standard InChI is InChI=1S/C30H47N5O2/c1-2-32-19-21-33(22-20-32)18-15-31-28(36)14-6-13-27-26-12-8-17-34-16-7-11-25(29(26)34)23-35(27)30(37)24-9-4-3-5-10-24/h3-5,9-10,25-27,29H,2,6-8,11-23H2,1H3,(H,31,36)/t25-,26+,27+,29-/m0/s1. The lowest BCUT2D eigenvalue weighted by Gasteiger charge is -2.57. The molecule has 2 amide bonds. The van der Waals surface area contributed by atoms with Crippen LogP contribution in [0, 0.1) is 11.8 Å². The number of carbonyl (C=O) groups excluding carboxylic acids is 2. The van der Waals surface area contributed by atoms with Crippen LogP contribution >= 0.6 is 0 Å². The molecule has 0 unspecified atom stereocenters. The van der Waals surface area contributed by atoms with Gasteiger partial charge in [0.1, 0.15) is 0 Å². The van der Waals surface area contributed by atoms with E-state index in [-0.39, 0.29) is 17.9 Å². The summed E-state index contributed by atoms with van der Waals surface area (Å²) in [5.41, 5.74) is 0.798. The number of nitrogens with zero attached hydrogens (tertiary/aromatic N) is 4. The van der Waals surface area contributed by atoms with E-state index in [0.29, 0.717) is 24.3 Å². The number of amides is 2. The summed E-state index contributed by atoms with van der Waals surface area (Å²) in [5, 5.41) is 3.16. The molecule has 4 fully saturated rings. The van der Waals surface area contributed by atoms with Gasteiger partial charge in [0.2, 0.25) is 5.91 Å². The van der Waals surface area contributed by atoms with E-state index in [1.165, 1.54) is 38.8 Å². The Kier molecular flexibility index (Phi) is 9.16. The minimum absolute atomic E-state index is 0.157. The molecule has 0 bridgehead atoms. The fourth-order valence-electron chi connectivity index (χ4n) is 7.59. The third kappa shape index (κ3) is 6.37. The Morgan fingerprint density at radius 2 is 1.68 bits per heavy atom. The highest BCUT2D eigenvalue weighted by Crippen LogP contribution is 2.43. The summed E-state index contributed by atoms with van der Waals surface area (Å²) < 4.78 is 0.